The molecule has 0 aromatic carbocycles. The largest absolute Gasteiger partial charge is 0.332 e. The van der Waals surface area contributed by atoms with Gasteiger partial charge in [0.05, 0.1) is 0 Å². The van der Waals surface area contributed by atoms with Gasteiger partial charge in [0.2, 0.25) is 0 Å². The van der Waals surface area contributed by atoms with Gasteiger partial charge in [-0.1, -0.05) is 20.8 Å². The molecule has 0 unspecified atom stereocenters. The van der Waals surface area contributed by atoms with Crippen molar-refractivity contribution in [2.24, 2.45) is 5.41 Å². The van der Waals surface area contributed by atoms with Crippen LogP contribution in [-0.2, 0) is 9.36 Å². The number of rotatable bonds is 4. The van der Waals surface area contributed by atoms with Crippen LogP contribution in [0.15, 0.2) is 0 Å². The van der Waals surface area contributed by atoms with Crippen molar-refractivity contribution in [1.29, 1.82) is 0 Å². The topological polar surface area (TPSA) is 74.6 Å². The Labute approximate surface area is 72.1 Å². The molecule has 0 radical (unpaired) electrons. The number of carbonyl (C=O) groups is 1. The average molecular weight is 194 g/mol. The highest BCUT2D eigenvalue weighted by molar-refractivity contribution is 7.52. The molecule has 0 rings (SSSR count). The minimum atomic E-state index is -4.18. The average Bonchev–Trinajstić information content (AvgIpc) is 1.84. The van der Waals surface area contributed by atoms with Gasteiger partial charge in [-0.15, -0.1) is 0 Å². The monoisotopic (exact) mass is 194 g/mol. The number of hydrogen-bond donors (Lipinski definition) is 2. The first-order chi connectivity index (χ1) is 5.19. The van der Waals surface area contributed by atoms with Crippen molar-refractivity contribution >= 4 is 13.4 Å². The maximum Gasteiger partial charge on any atom is 0.332 e. The second kappa shape index (κ2) is 3.69. The lowest BCUT2D eigenvalue weighted by Gasteiger charge is -2.20. The van der Waals surface area contributed by atoms with E-state index in [0.29, 0.717) is 6.42 Å². The number of ketones is 1. The van der Waals surface area contributed by atoms with Gasteiger partial charge in [0.1, 0.15) is 11.9 Å². The summed E-state index contributed by atoms with van der Waals surface area (Å²) in [7, 11) is -4.18. The Balaban J connectivity index is 4.34. The zero-order valence-corrected chi connectivity index (χ0v) is 8.47. The van der Waals surface area contributed by atoms with Crippen LogP contribution in [0.1, 0.15) is 27.2 Å². The second-order valence-corrected chi connectivity index (χ2v) is 5.13. The summed E-state index contributed by atoms with van der Waals surface area (Å²) in [6.45, 7) is 5.19. The molecule has 0 aliphatic rings. The third-order valence-corrected chi connectivity index (χ3v) is 2.69. The Hall–Kier alpha value is -0.180. The van der Waals surface area contributed by atoms with E-state index >= 15 is 0 Å². The molecule has 0 heterocycles. The van der Waals surface area contributed by atoms with Gasteiger partial charge < -0.3 is 9.79 Å². The molecule has 0 amide bonds. The van der Waals surface area contributed by atoms with Gasteiger partial charge in [0, 0.05) is 5.41 Å². The summed E-state index contributed by atoms with van der Waals surface area (Å²) in [4.78, 5) is 28.3. The fourth-order valence-electron chi connectivity index (χ4n) is 0.598. The summed E-state index contributed by atoms with van der Waals surface area (Å²) < 4.78 is 10.5. The molecule has 0 aromatic heterocycles. The van der Waals surface area contributed by atoms with Crippen molar-refractivity contribution in [1.82, 2.24) is 0 Å². The van der Waals surface area contributed by atoms with Gasteiger partial charge in [-0.3, -0.25) is 9.36 Å². The van der Waals surface area contributed by atoms with Crippen LogP contribution in [0.5, 0.6) is 0 Å². The molecule has 12 heavy (non-hydrogen) atoms. The van der Waals surface area contributed by atoms with Crippen LogP contribution in [0.2, 0.25) is 0 Å². The minimum absolute atomic E-state index is 0.377. The first-order valence-electron chi connectivity index (χ1n) is 3.77. The smallest absolute Gasteiger partial charge is 0.324 e. The lowest BCUT2D eigenvalue weighted by Crippen LogP contribution is -2.26. The molecule has 0 atom stereocenters. The molecular formula is C7H15O4P. The summed E-state index contributed by atoms with van der Waals surface area (Å²) in [5.41, 5.74) is -0.624. The maximum atomic E-state index is 11.2. The standard InChI is InChI=1S/C7H15O4P/c1-4-7(2,3)6(8)5-12(9,10)11/h4-5H2,1-3H3,(H2,9,10,11). The fraction of sp³-hybridized carbons (Fsp3) is 0.857. The highest BCUT2D eigenvalue weighted by Gasteiger charge is 2.30. The Morgan fingerprint density at radius 3 is 2.08 bits per heavy atom. The van der Waals surface area contributed by atoms with Crippen molar-refractivity contribution in [3.63, 3.8) is 0 Å². The van der Waals surface area contributed by atoms with Crippen molar-refractivity contribution in [3.8, 4) is 0 Å². The van der Waals surface area contributed by atoms with Gasteiger partial charge >= 0.3 is 7.60 Å². The van der Waals surface area contributed by atoms with Gasteiger partial charge in [-0.25, -0.2) is 0 Å². The Morgan fingerprint density at radius 1 is 1.42 bits per heavy atom. The van der Waals surface area contributed by atoms with E-state index in [9.17, 15) is 9.36 Å². The van der Waals surface area contributed by atoms with Crippen molar-refractivity contribution in [3.05, 3.63) is 0 Å². The van der Waals surface area contributed by atoms with Gasteiger partial charge in [-0.2, -0.15) is 0 Å². The Bertz CT molecular complexity index is 215. The molecule has 72 valence electrons. The van der Waals surface area contributed by atoms with E-state index in [1.165, 1.54) is 0 Å². The van der Waals surface area contributed by atoms with Gasteiger partial charge in [-0.05, 0) is 6.42 Å². The molecule has 0 aromatic rings. The molecule has 0 aliphatic heterocycles. The van der Waals surface area contributed by atoms with E-state index < -0.39 is 19.2 Å². The lowest BCUT2D eigenvalue weighted by atomic mass is 9.86. The fourth-order valence-corrected chi connectivity index (χ4v) is 1.40. The first-order valence-corrected chi connectivity index (χ1v) is 5.56. The van der Waals surface area contributed by atoms with E-state index in [2.05, 4.69) is 0 Å². The summed E-state index contributed by atoms with van der Waals surface area (Å²) >= 11 is 0. The van der Waals surface area contributed by atoms with Crippen molar-refractivity contribution in [2.45, 2.75) is 27.2 Å². The Morgan fingerprint density at radius 2 is 1.83 bits per heavy atom. The molecule has 0 aliphatic carbocycles. The molecule has 0 saturated carbocycles. The van der Waals surface area contributed by atoms with Gasteiger partial charge in [0.15, 0.2) is 0 Å². The molecule has 0 spiro atoms. The van der Waals surface area contributed by atoms with Gasteiger partial charge in [0.25, 0.3) is 0 Å². The summed E-state index contributed by atoms with van der Waals surface area (Å²) in [6, 6.07) is 0. The molecule has 2 N–H and O–H groups in total. The first kappa shape index (κ1) is 11.8. The number of Topliss-reactive ketones (excluding diaryl/α,β-unsaturated/α-hetero) is 1. The van der Waals surface area contributed by atoms with Crippen LogP contribution in [-0.4, -0.2) is 21.7 Å². The molecule has 5 heteroatoms. The van der Waals surface area contributed by atoms with Crippen LogP contribution in [0.25, 0.3) is 0 Å². The molecule has 0 bridgehead atoms. The predicted octanol–water partition coefficient (Wildman–Crippen LogP) is 1.17. The molecule has 0 saturated heterocycles. The minimum Gasteiger partial charge on any atom is -0.324 e. The maximum absolute atomic E-state index is 11.2. The SMILES string of the molecule is CCC(C)(C)C(=O)CP(=O)(O)O. The summed E-state index contributed by atoms with van der Waals surface area (Å²) in [6.07, 6.45) is -0.0559. The van der Waals surface area contributed by atoms with Crippen LogP contribution in [0.3, 0.4) is 0 Å². The van der Waals surface area contributed by atoms with Crippen LogP contribution in [0, 0.1) is 5.41 Å². The van der Waals surface area contributed by atoms with E-state index in [1.54, 1.807) is 13.8 Å². The third kappa shape index (κ3) is 4.00. The molecule has 4 nitrogen and oxygen atoms in total. The second-order valence-electron chi connectivity index (χ2n) is 3.48. The van der Waals surface area contributed by atoms with Crippen LogP contribution < -0.4 is 0 Å². The van der Waals surface area contributed by atoms with Crippen LogP contribution in [0.4, 0.5) is 0 Å². The molecular weight excluding hydrogens is 179 g/mol. The quantitative estimate of drug-likeness (QED) is 0.658. The van der Waals surface area contributed by atoms with Crippen molar-refractivity contribution < 1.29 is 19.1 Å². The van der Waals surface area contributed by atoms with E-state index in [-0.39, 0.29) is 5.78 Å². The van der Waals surface area contributed by atoms with Crippen molar-refractivity contribution in [2.75, 3.05) is 6.16 Å². The summed E-state index contributed by atoms with van der Waals surface area (Å²) in [5, 5.41) is 0. The Kier molecular flexibility index (Phi) is 3.63. The lowest BCUT2D eigenvalue weighted by molar-refractivity contribution is -0.124. The zero-order valence-electron chi connectivity index (χ0n) is 7.57. The normalized spacial score (nSPS) is 13.1. The zero-order chi connectivity index (χ0) is 9.99. The molecule has 0 fully saturated rings. The van der Waals surface area contributed by atoms with Crippen LogP contribution >= 0.6 is 7.60 Å². The van der Waals surface area contributed by atoms with E-state index in [4.69, 9.17) is 9.79 Å². The number of hydrogen-bond acceptors (Lipinski definition) is 2. The number of carbonyl (C=O) groups excluding carboxylic acids is 1. The highest BCUT2D eigenvalue weighted by Crippen LogP contribution is 2.37. The summed E-state index contributed by atoms with van der Waals surface area (Å²) in [5.74, 6) is -0.377. The van der Waals surface area contributed by atoms with E-state index in [0.717, 1.165) is 0 Å². The predicted molar refractivity (Wildman–Crippen MR) is 46.0 cm³/mol. The van der Waals surface area contributed by atoms with E-state index in [1.807, 2.05) is 6.92 Å². The third-order valence-electron chi connectivity index (χ3n) is 1.99. The highest BCUT2D eigenvalue weighted by atomic mass is 31.2.